The second-order valence-corrected chi connectivity index (χ2v) is 4.44. The third kappa shape index (κ3) is 2.93. The minimum absolute atomic E-state index is 0.0442. The Bertz CT molecular complexity index is 551. The van der Waals surface area contributed by atoms with Gasteiger partial charge >= 0.3 is 0 Å². The summed E-state index contributed by atoms with van der Waals surface area (Å²) in [6, 6.07) is 5.95. The van der Waals surface area contributed by atoms with Crippen LogP contribution in [0.15, 0.2) is 22.7 Å². The Hall–Kier alpha value is -1.88. The molecule has 1 N–H and O–H groups in total. The van der Waals surface area contributed by atoms with Gasteiger partial charge in [-0.15, -0.1) is 0 Å². The molecule has 0 aliphatic carbocycles. The number of benzene rings is 1. The fourth-order valence-electron chi connectivity index (χ4n) is 1.90. The largest absolute Gasteiger partial charge is 0.496 e. The number of methoxy groups -OCH3 is 1. The number of ether oxygens (including phenoxy) is 1. The number of hydrogen-bond acceptors (Lipinski definition) is 5. The van der Waals surface area contributed by atoms with Crippen LogP contribution in [-0.4, -0.2) is 23.8 Å². The number of rotatable bonds is 5. The fourth-order valence-corrected chi connectivity index (χ4v) is 1.90. The standard InChI is InChI=1S/C14H19N3O2/c1-5-15-10(3)14-16-13(17-19-14)11-7-6-9(2)8-12(11)18-4/h6-8,10,15H,5H2,1-4H3. The van der Waals surface area contributed by atoms with Gasteiger partial charge < -0.3 is 14.6 Å². The normalized spacial score (nSPS) is 12.4. The zero-order valence-corrected chi connectivity index (χ0v) is 11.7. The van der Waals surface area contributed by atoms with E-state index in [0.29, 0.717) is 11.7 Å². The first kappa shape index (κ1) is 13.5. The second-order valence-electron chi connectivity index (χ2n) is 4.44. The van der Waals surface area contributed by atoms with Crippen molar-refractivity contribution in [1.82, 2.24) is 15.5 Å². The zero-order chi connectivity index (χ0) is 13.8. The van der Waals surface area contributed by atoms with E-state index >= 15 is 0 Å². The van der Waals surface area contributed by atoms with Crippen LogP contribution in [0.4, 0.5) is 0 Å². The van der Waals surface area contributed by atoms with Gasteiger partial charge in [-0.25, -0.2) is 0 Å². The molecule has 1 aromatic heterocycles. The topological polar surface area (TPSA) is 60.2 Å². The Morgan fingerprint density at radius 1 is 1.42 bits per heavy atom. The van der Waals surface area contributed by atoms with E-state index in [-0.39, 0.29) is 6.04 Å². The van der Waals surface area contributed by atoms with Crippen molar-refractivity contribution in [2.75, 3.05) is 13.7 Å². The van der Waals surface area contributed by atoms with E-state index in [2.05, 4.69) is 15.5 Å². The lowest BCUT2D eigenvalue weighted by atomic mass is 10.1. The van der Waals surface area contributed by atoms with Gasteiger partial charge in [0, 0.05) is 0 Å². The number of nitrogens with one attached hydrogen (secondary N) is 1. The van der Waals surface area contributed by atoms with Crippen LogP contribution in [0.25, 0.3) is 11.4 Å². The summed E-state index contributed by atoms with van der Waals surface area (Å²) in [5.41, 5.74) is 1.97. The monoisotopic (exact) mass is 261 g/mol. The smallest absolute Gasteiger partial charge is 0.243 e. The Morgan fingerprint density at radius 2 is 2.21 bits per heavy atom. The Kier molecular flexibility index (Phi) is 4.16. The highest BCUT2D eigenvalue weighted by Crippen LogP contribution is 2.29. The van der Waals surface area contributed by atoms with Crippen molar-refractivity contribution in [2.24, 2.45) is 0 Å². The van der Waals surface area contributed by atoms with Crippen LogP contribution in [0, 0.1) is 6.92 Å². The molecule has 5 nitrogen and oxygen atoms in total. The van der Waals surface area contributed by atoms with E-state index in [1.807, 2.05) is 39.0 Å². The second kappa shape index (κ2) is 5.84. The van der Waals surface area contributed by atoms with Crippen molar-refractivity contribution in [3.05, 3.63) is 29.7 Å². The summed E-state index contributed by atoms with van der Waals surface area (Å²) in [5, 5.41) is 7.26. The molecule has 2 aromatic rings. The summed E-state index contributed by atoms with van der Waals surface area (Å²) in [6.07, 6.45) is 0. The molecule has 5 heteroatoms. The highest BCUT2D eigenvalue weighted by Gasteiger charge is 2.16. The maximum atomic E-state index is 5.36. The summed E-state index contributed by atoms with van der Waals surface area (Å²) in [6.45, 7) is 6.90. The van der Waals surface area contributed by atoms with Gasteiger partial charge in [-0.05, 0) is 38.1 Å². The molecule has 19 heavy (non-hydrogen) atoms. The van der Waals surface area contributed by atoms with Crippen molar-refractivity contribution >= 4 is 0 Å². The molecule has 0 bridgehead atoms. The first-order valence-electron chi connectivity index (χ1n) is 6.37. The molecule has 1 unspecified atom stereocenters. The molecule has 0 saturated heterocycles. The minimum atomic E-state index is 0.0442. The quantitative estimate of drug-likeness (QED) is 0.896. The third-order valence-corrected chi connectivity index (χ3v) is 2.92. The highest BCUT2D eigenvalue weighted by molar-refractivity contribution is 5.64. The van der Waals surface area contributed by atoms with Crippen molar-refractivity contribution in [1.29, 1.82) is 0 Å². The molecule has 102 valence electrons. The van der Waals surface area contributed by atoms with E-state index in [1.54, 1.807) is 7.11 Å². The zero-order valence-electron chi connectivity index (χ0n) is 11.7. The predicted molar refractivity (Wildman–Crippen MR) is 73.1 cm³/mol. The lowest BCUT2D eigenvalue weighted by molar-refractivity contribution is 0.342. The summed E-state index contributed by atoms with van der Waals surface area (Å²) < 4.78 is 10.6. The molecule has 1 aromatic carbocycles. The molecule has 0 aliphatic rings. The Labute approximate surface area is 113 Å². The number of nitrogens with zero attached hydrogens (tertiary/aromatic N) is 2. The van der Waals surface area contributed by atoms with Crippen LogP contribution in [-0.2, 0) is 0 Å². The molecule has 1 atom stereocenters. The average Bonchev–Trinajstić information content (AvgIpc) is 2.88. The van der Waals surface area contributed by atoms with Crippen LogP contribution < -0.4 is 10.1 Å². The maximum Gasteiger partial charge on any atom is 0.243 e. The number of aryl methyl sites for hydroxylation is 1. The van der Waals surface area contributed by atoms with Gasteiger partial charge in [0.2, 0.25) is 11.7 Å². The van der Waals surface area contributed by atoms with E-state index < -0.39 is 0 Å². The molecule has 0 aliphatic heterocycles. The van der Waals surface area contributed by atoms with Crippen LogP contribution >= 0.6 is 0 Å². The molecule has 1 heterocycles. The summed E-state index contributed by atoms with van der Waals surface area (Å²) in [7, 11) is 1.64. The highest BCUT2D eigenvalue weighted by atomic mass is 16.5. The predicted octanol–water partition coefficient (Wildman–Crippen LogP) is 2.72. The Balaban J connectivity index is 2.32. The van der Waals surface area contributed by atoms with E-state index in [1.165, 1.54) is 0 Å². The molecule has 0 amide bonds. The SMILES string of the molecule is CCNC(C)c1nc(-c2ccc(C)cc2OC)no1. The van der Waals surface area contributed by atoms with Crippen LogP contribution in [0.2, 0.25) is 0 Å². The average molecular weight is 261 g/mol. The third-order valence-electron chi connectivity index (χ3n) is 2.92. The van der Waals surface area contributed by atoms with Crippen molar-refractivity contribution in [3.63, 3.8) is 0 Å². The van der Waals surface area contributed by atoms with Gasteiger partial charge in [-0.1, -0.05) is 18.1 Å². The van der Waals surface area contributed by atoms with Gasteiger partial charge in [0.05, 0.1) is 18.7 Å². The molecule has 0 spiro atoms. The molecular formula is C14H19N3O2. The van der Waals surface area contributed by atoms with Gasteiger partial charge in [0.1, 0.15) is 5.75 Å². The molecular weight excluding hydrogens is 242 g/mol. The Morgan fingerprint density at radius 3 is 2.89 bits per heavy atom. The van der Waals surface area contributed by atoms with Gasteiger partial charge in [-0.3, -0.25) is 0 Å². The van der Waals surface area contributed by atoms with Gasteiger partial charge in [-0.2, -0.15) is 4.98 Å². The van der Waals surface area contributed by atoms with Crippen LogP contribution in [0.5, 0.6) is 5.75 Å². The minimum Gasteiger partial charge on any atom is -0.496 e. The van der Waals surface area contributed by atoms with E-state index in [0.717, 1.165) is 23.4 Å². The van der Waals surface area contributed by atoms with Crippen molar-refractivity contribution < 1.29 is 9.26 Å². The van der Waals surface area contributed by atoms with Crippen LogP contribution in [0.3, 0.4) is 0 Å². The first-order chi connectivity index (χ1) is 9.15. The summed E-state index contributed by atoms with van der Waals surface area (Å²) >= 11 is 0. The van der Waals surface area contributed by atoms with E-state index in [4.69, 9.17) is 9.26 Å². The molecule has 0 saturated carbocycles. The summed E-state index contributed by atoms with van der Waals surface area (Å²) in [5.74, 6) is 1.89. The van der Waals surface area contributed by atoms with Gasteiger partial charge in [0.15, 0.2) is 0 Å². The maximum absolute atomic E-state index is 5.36. The first-order valence-corrected chi connectivity index (χ1v) is 6.37. The lowest BCUT2D eigenvalue weighted by Crippen LogP contribution is -2.17. The van der Waals surface area contributed by atoms with Crippen LogP contribution in [0.1, 0.15) is 31.3 Å². The molecule has 0 fully saturated rings. The fraction of sp³-hybridized carbons (Fsp3) is 0.429. The lowest BCUT2D eigenvalue weighted by Gasteiger charge is -2.06. The van der Waals surface area contributed by atoms with Crippen molar-refractivity contribution in [2.45, 2.75) is 26.8 Å². The van der Waals surface area contributed by atoms with Crippen molar-refractivity contribution in [3.8, 4) is 17.1 Å². The summed E-state index contributed by atoms with van der Waals surface area (Å²) in [4.78, 5) is 4.42. The van der Waals surface area contributed by atoms with Gasteiger partial charge in [0.25, 0.3) is 0 Å². The molecule has 0 radical (unpaired) electrons. The number of hydrogen-bond donors (Lipinski definition) is 1. The van der Waals surface area contributed by atoms with E-state index in [9.17, 15) is 0 Å². The number of aromatic nitrogens is 2. The molecule has 2 rings (SSSR count).